The predicted octanol–water partition coefficient (Wildman–Crippen LogP) is 4.03. The number of hydrogen-bond donors (Lipinski definition) is 2. The van der Waals surface area contributed by atoms with Gasteiger partial charge in [0.2, 0.25) is 0 Å². The molecule has 1 amide bonds. The van der Waals surface area contributed by atoms with Crippen molar-refractivity contribution in [1.82, 2.24) is 15.5 Å². The lowest BCUT2D eigenvalue weighted by molar-refractivity contribution is 0.0950. The van der Waals surface area contributed by atoms with Crippen molar-refractivity contribution < 1.29 is 4.79 Å². The summed E-state index contributed by atoms with van der Waals surface area (Å²) in [6.45, 7) is 0.330. The van der Waals surface area contributed by atoms with Gasteiger partial charge in [0.25, 0.3) is 11.5 Å². The summed E-state index contributed by atoms with van der Waals surface area (Å²) >= 11 is 0. The fraction of sp³-hybridized carbons (Fsp3) is 0.0417. The summed E-state index contributed by atoms with van der Waals surface area (Å²) in [4.78, 5) is 25.7. The number of amides is 1. The van der Waals surface area contributed by atoms with Crippen molar-refractivity contribution >= 4 is 5.91 Å². The van der Waals surface area contributed by atoms with E-state index in [0.717, 1.165) is 16.7 Å². The Hall–Kier alpha value is -3.99. The molecule has 0 bridgehead atoms. The Morgan fingerprint density at radius 1 is 0.793 bits per heavy atom. The highest BCUT2D eigenvalue weighted by atomic mass is 16.2. The first-order valence-corrected chi connectivity index (χ1v) is 9.29. The molecule has 5 heteroatoms. The summed E-state index contributed by atoms with van der Waals surface area (Å²) in [7, 11) is 0. The highest BCUT2D eigenvalue weighted by Crippen LogP contribution is 2.31. The fourth-order valence-electron chi connectivity index (χ4n) is 3.22. The Bertz CT molecular complexity index is 1170. The summed E-state index contributed by atoms with van der Waals surface area (Å²) in [5.74, 6) is -0.437. The molecule has 0 atom stereocenters. The largest absolute Gasteiger partial charge is 0.348 e. The van der Waals surface area contributed by atoms with Crippen molar-refractivity contribution in [3.05, 3.63) is 112 Å². The molecule has 0 unspecified atom stereocenters. The van der Waals surface area contributed by atoms with E-state index >= 15 is 0 Å². The van der Waals surface area contributed by atoms with Crippen LogP contribution in [-0.2, 0) is 6.54 Å². The molecular weight excluding hydrogens is 362 g/mol. The van der Waals surface area contributed by atoms with Gasteiger partial charge in [-0.25, -0.2) is 5.10 Å². The number of nitrogens with zero attached hydrogens (tertiary/aromatic N) is 1. The van der Waals surface area contributed by atoms with Crippen LogP contribution in [0.3, 0.4) is 0 Å². The second kappa shape index (κ2) is 8.35. The van der Waals surface area contributed by atoms with Gasteiger partial charge in [-0.2, -0.15) is 5.10 Å². The lowest BCUT2D eigenvalue weighted by atomic mass is 9.95. The zero-order valence-corrected chi connectivity index (χ0v) is 15.6. The number of aromatic nitrogens is 2. The molecule has 0 spiro atoms. The maximum atomic E-state index is 13.1. The van der Waals surface area contributed by atoms with Gasteiger partial charge in [0.05, 0.1) is 5.69 Å². The first-order valence-electron chi connectivity index (χ1n) is 9.29. The molecular formula is C24H19N3O2. The molecule has 5 nitrogen and oxygen atoms in total. The van der Waals surface area contributed by atoms with Crippen LogP contribution in [0.15, 0.2) is 95.8 Å². The van der Waals surface area contributed by atoms with Gasteiger partial charge in [0.15, 0.2) is 0 Å². The van der Waals surface area contributed by atoms with E-state index in [1.165, 1.54) is 0 Å². The first-order chi connectivity index (χ1) is 14.2. The number of carbonyl (C=O) groups is 1. The highest BCUT2D eigenvalue weighted by molar-refractivity contribution is 6.03. The molecule has 4 aromatic rings. The van der Waals surface area contributed by atoms with Gasteiger partial charge in [0, 0.05) is 17.7 Å². The third-order valence-corrected chi connectivity index (χ3v) is 4.62. The van der Waals surface area contributed by atoms with Crippen molar-refractivity contribution in [3.63, 3.8) is 0 Å². The molecule has 0 radical (unpaired) electrons. The van der Waals surface area contributed by atoms with Gasteiger partial charge in [-0.3, -0.25) is 9.59 Å². The molecule has 2 N–H and O–H groups in total. The normalized spacial score (nSPS) is 10.5. The second-order valence-electron chi connectivity index (χ2n) is 6.55. The molecule has 1 aromatic heterocycles. The second-order valence-corrected chi connectivity index (χ2v) is 6.55. The number of aromatic amines is 1. The van der Waals surface area contributed by atoms with E-state index in [1.807, 2.05) is 91.0 Å². The van der Waals surface area contributed by atoms with Crippen LogP contribution >= 0.6 is 0 Å². The third kappa shape index (κ3) is 3.99. The van der Waals surface area contributed by atoms with Crippen molar-refractivity contribution in [2.24, 2.45) is 0 Å². The van der Waals surface area contributed by atoms with Gasteiger partial charge in [-0.15, -0.1) is 0 Å². The van der Waals surface area contributed by atoms with Crippen LogP contribution in [0.5, 0.6) is 0 Å². The Labute approximate surface area is 168 Å². The van der Waals surface area contributed by atoms with Crippen LogP contribution in [0, 0.1) is 0 Å². The number of H-pyrrole nitrogens is 1. The van der Waals surface area contributed by atoms with E-state index in [4.69, 9.17) is 0 Å². The van der Waals surface area contributed by atoms with Crippen LogP contribution < -0.4 is 10.9 Å². The van der Waals surface area contributed by atoms with Gasteiger partial charge in [-0.1, -0.05) is 91.0 Å². The summed E-state index contributed by atoms with van der Waals surface area (Å²) < 4.78 is 0. The standard InChI is InChI=1S/C24H19N3O2/c28-23(25-16-17-10-4-1-5-11-17)21-20(18-12-6-2-7-13-18)22(26-27-24(21)29)19-14-8-3-9-15-19/h1-15H,16H2,(H,25,28)(H,27,29). The summed E-state index contributed by atoms with van der Waals surface area (Å²) in [6, 6.07) is 28.4. The summed E-state index contributed by atoms with van der Waals surface area (Å²) in [5, 5.41) is 9.62. The van der Waals surface area contributed by atoms with Crippen molar-refractivity contribution in [3.8, 4) is 22.4 Å². The summed E-state index contributed by atoms with van der Waals surface area (Å²) in [5.41, 5.74) is 3.15. The average Bonchev–Trinajstić information content (AvgIpc) is 2.79. The van der Waals surface area contributed by atoms with Gasteiger partial charge in [-0.05, 0) is 11.1 Å². The zero-order chi connectivity index (χ0) is 20.1. The lowest BCUT2D eigenvalue weighted by Gasteiger charge is -2.14. The van der Waals surface area contributed by atoms with Crippen molar-refractivity contribution in [2.75, 3.05) is 0 Å². The fourth-order valence-corrected chi connectivity index (χ4v) is 3.22. The van der Waals surface area contributed by atoms with Crippen LogP contribution in [0.25, 0.3) is 22.4 Å². The van der Waals surface area contributed by atoms with Crippen molar-refractivity contribution in [1.29, 1.82) is 0 Å². The Morgan fingerprint density at radius 3 is 1.97 bits per heavy atom. The topological polar surface area (TPSA) is 74.8 Å². The lowest BCUT2D eigenvalue weighted by Crippen LogP contribution is -2.31. The van der Waals surface area contributed by atoms with E-state index in [0.29, 0.717) is 17.8 Å². The Morgan fingerprint density at radius 2 is 1.34 bits per heavy atom. The quantitative estimate of drug-likeness (QED) is 0.548. The van der Waals surface area contributed by atoms with Gasteiger partial charge in [0.1, 0.15) is 5.56 Å². The first kappa shape index (κ1) is 18.4. The molecule has 0 saturated carbocycles. The molecule has 0 saturated heterocycles. The number of carbonyl (C=O) groups excluding carboxylic acids is 1. The molecule has 0 fully saturated rings. The van der Waals surface area contributed by atoms with Crippen LogP contribution in [0.2, 0.25) is 0 Å². The minimum atomic E-state index is -0.519. The minimum absolute atomic E-state index is 0.0565. The monoisotopic (exact) mass is 381 g/mol. The van der Waals surface area contributed by atoms with Gasteiger partial charge < -0.3 is 5.32 Å². The molecule has 0 aliphatic heterocycles. The van der Waals surface area contributed by atoms with E-state index in [1.54, 1.807) is 0 Å². The van der Waals surface area contributed by atoms with Crippen LogP contribution in [0.4, 0.5) is 0 Å². The van der Waals surface area contributed by atoms with Crippen LogP contribution in [-0.4, -0.2) is 16.1 Å². The van der Waals surface area contributed by atoms with E-state index in [-0.39, 0.29) is 5.56 Å². The highest BCUT2D eigenvalue weighted by Gasteiger charge is 2.22. The van der Waals surface area contributed by atoms with Crippen molar-refractivity contribution in [2.45, 2.75) is 6.54 Å². The SMILES string of the molecule is O=C(NCc1ccccc1)c1c(-c2ccccc2)c(-c2ccccc2)n[nH]c1=O. The predicted molar refractivity (Wildman–Crippen MR) is 113 cm³/mol. The zero-order valence-electron chi connectivity index (χ0n) is 15.6. The molecule has 4 rings (SSSR count). The van der Waals surface area contributed by atoms with E-state index in [2.05, 4.69) is 15.5 Å². The van der Waals surface area contributed by atoms with E-state index in [9.17, 15) is 9.59 Å². The summed E-state index contributed by atoms with van der Waals surface area (Å²) in [6.07, 6.45) is 0. The number of nitrogens with one attached hydrogen (secondary N) is 2. The van der Waals surface area contributed by atoms with E-state index < -0.39 is 11.5 Å². The maximum absolute atomic E-state index is 13.1. The Kier molecular flexibility index (Phi) is 5.29. The van der Waals surface area contributed by atoms with Crippen LogP contribution in [0.1, 0.15) is 15.9 Å². The average molecular weight is 381 g/mol. The Balaban J connectivity index is 1.82. The molecule has 0 aliphatic carbocycles. The molecule has 0 aliphatic rings. The number of benzene rings is 3. The number of rotatable bonds is 5. The molecule has 1 heterocycles. The maximum Gasteiger partial charge on any atom is 0.277 e. The van der Waals surface area contributed by atoms with Gasteiger partial charge >= 0.3 is 0 Å². The molecule has 29 heavy (non-hydrogen) atoms. The molecule has 142 valence electrons. The molecule has 3 aromatic carbocycles. The minimum Gasteiger partial charge on any atom is -0.348 e. The number of hydrogen-bond acceptors (Lipinski definition) is 3. The smallest absolute Gasteiger partial charge is 0.277 e. The third-order valence-electron chi connectivity index (χ3n) is 4.62.